The van der Waals surface area contributed by atoms with E-state index in [1.165, 1.54) is 12.1 Å². The molecule has 0 fully saturated rings. The molecule has 9 heteroatoms. The Morgan fingerprint density at radius 1 is 1.22 bits per heavy atom. The molecule has 0 saturated carbocycles. The van der Waals surface area contributed by atoms with Crippen molar-refractivity contribution in [2.75, 3.05) is 13.2 Å². The number of hydrogen-bond acceptors (Lipinski definition) is 6. The molecule has 148 valence electrons. The zero-order chi connectivity index (χ0) is 20.4. The van der Waals surface area contributed by atoms with Crippen molar-refractivity contribution in [1.29, 1.82) is 5.26 Å². The fraction of sp³-hybridized carbons (Fsp3) is 0.500. The van der Waals surface area contributed by atoms with E-state index in [9.17, 15) is 19.3 Å². The maximum atomic E-state index is 12.5. The smallest absolute Gasteiger partial charge is 0.335 e. The number of nitrogens with one attached hydrogen (secondary N) is 1. The number of carboxylic acids is 1. The number of benzene rings is 1. The zero-order valence-electron chi connectivity index (χ0n) is 15.7. The Bertz CT molecular complexity index is 718. The van der Waals surface area contributed by atoms with E-state index in [2.05, 4.69) is 5.32 Å². The van der Waals surface area contributed by atoms with Gasteiger partial charge in [-0.3, -0.25) is 9.36 Å². The summed E-state index contributed by atoms with van der Waals surface area (Å²) in [7, 11) is -3.25. The van der Waals surface area contributed by atoms with Crippen molar-refractivity contribution in [3.63, 3.8) is 0 Å². The third kappa shape index (κ3) is 7.14. The van der Waals surface area contributed by atoms with Crippen LogP contribution in [0.4, 0.5) is 0 Å². The molecular weight excluding hydrogens is 371 g/mol. The quantitative estimate of drug-likeness (QED) is 0.550. The third-order valence-corrected chi connectivity index (χ3v) is 5.83. The molecule has 2 atom stereocenters. The van der Waals surface area contributed by atoms with Crippen LogP contribution in [0.5, 0.6) is 0 Å². The summed E-state index contributed by atoms with van der Waals surface area (Å²) in [5.41, 5.74) is 0.932. The fourth-order valence-electron chi connectivity index (χ4n) is 2.44. The van der Waals surface area contributed by atoms with E-state index in [1.54, 1.807) is 32.9 Å². The number of carboxylic acid groups (broad SMARTS) is 1. The molecule has 0 heterocycles. The summed E-state index contributed by atoms with van der Waals surface area (Å²) < 4.78 is 23.0. The molecule has 0 aliphatic carbocycles. The lowest BCUT2D eigenvalue weighted by molar-refractivity contribution is -0.140. The summed E-state index contributed by atoms with van der Waals surface area (Å²) >= 11 is 0. The maximum Gasteiger partial charge on any atom is 0.335 e. The number of nitriles is 1. The molecule has 0 aromatic heterocycles. The van der Waals surface area contributed by atoms with Crippen molar-refractivity contribution in [1.82, 2.24) is 5.32 Å². The monoisotopic (exact) mass is 396 g/mol. The minimum absolute atomic E-state index is 0.0142. The minimum Gasteiger partial charge on any atom is -0.480 e. The van der Waals surface area contributed by atoms with E-state index in [4.69, 9.17) is 14.3 Å². The normalized spacial score (nSPS) is 13.4. The van der Waals surface area contributed by atoms with Crippen molar-refractivity contribution in [3.8, 4) is 6.07 Å². The Morgan fingerprint density at radius 3 is 2.22 bits per heavy atom. The number of carbonyl (C=O) groups excluding carboxylic acids is 1. The first-order chi connectivity index (χ1) is 12.8. The molecule has 0 radical (unpaired) electrons. The van der Waals surface area contributed by atoms with Gasteiger partial charge >= 0.3 is 13.6 Å². The van der Waals surface area contributed by atoms with Gasteiger partial charge in [0.25, 0.3) is 5.91 Å². The van der Waals surface area contributed by atoms with Gasteiger partial charge < -0.3 is 19.5 Å². The van der Waals surface area contributed by atoms with Crippen LogP contribution in [-0.4, -0.2) is 36.2 Å². The second kappa shape index (κ2) is 10.8. The summed E-state index contributed by atoms with van der Waals surface area (Å²) in [6, 6.07) is 7.01. The van der Waals surface area contributed by atoms with E-state index in [0.29, 0.717) is 5.56 Å². The molecule has 0 saturated heterocycles. The molecule has 0 aliphatic rings. The first-order valence-electron chi connectivity index (χ1n) is 8.64. The van der Waals surface area contributed by atoms with E-state index in [-0.39, 0.29) is 31.4 Å². The zero-order valence-corrected chi connectivity index (χ0v) is 16.6. The first-order valence-corrected chi connectivity index (χ1v) is 10.4. The highest BCUT2D eigenvalue weighted by Gasteiger charge is 2.27. The molecule has 2 N–H and O–H groups in total. The Hall–Kier alpha value is -2.20. The number of carbonyl (C=O) groups is 2. The summed E-state index contributed by atoms with van der Waals surface area (Å²) in [6.45, 7) is 5.56. The first kappa shape index (κ1) is 22.8. The summed E-state index contributed by atoms with van der Waals surface area (Å²) in [6.07, 6.45) is 0.0911. The molecule has 8 nitrogen and oxygen atoms in total. The lowest BCUT2D eigenvalue weighted by atomic mass is 9.98. The average molecular weight is 396 g/mol. The Kier molecular flexibility index (Phi) is 9.16. The lowest BCUT2D eigenvalue weighted by Crippen LogP contribution is -2.45. The van der Waals surface area contributed by atoms with Gasteiger partial charge in [-0.05, 0) is 31.5 Å². The van der Waals surface area contributed by atoms with Crippen LogP contribution in [0.1, 0.15) is 43.1 Å². The summed E-state index contributed by atoms with van der Waals surface area (Å²) in [5.74, 6) is -2.28. The highest BCUT2D eigenvalue weighted by molar-refractivity contribution is 7.53. The minimum atomic E-state index is -3.25. The van der Waals surface area contributed by atoms with Gasteiger partial charge in [-0.1, -0.05) is 19.1 Å². The van der Waals surface area contributed by atoms with Crippen LogP contribution in [0, 0.1) is 17.2 Å². The van der Waals surface area contributed by atoms with Crippen LogP contribution >= 0.6 is 7.60 Å². The van der Waals surface area contributed by atoms with E-state index >= 15 is 0 Å². The molecule has 1 aromatic rings. The van der Waals surface area contributed by atoms with Crippen LogP contribution < -0.4 is 5.32 Å². The van der Waals surface area contributed by atoms with Gasteiger partial charge in [0.1, 0.15) is 6.04 Å². The SMILES string of the molecule is CCOP(=O)(Cc1ccc(C(=O)N[C@H](C(=O)O)[C@@H](C)CC#N)cc1)OCC. The van der Waals surface area contributed by atoms with Gasteiger partial charge in [0.05, 0.1) is 25.4 Å². The second-order valence-electron chi connectivity index (χ2n) is 5.93. The van der Waals surface area contributed by atoms with E-state index < -0.39 is 31.4 Å². The third-order valence-electron chi connectivity index (χ3n) is 3.78. The Morgan fingerprint density at radius 2 is 1.78 bits per heavy atom. The summed E-state index contributed by atoms with van der Waals surface area (Å²) in [4.78, 5) is 23.6. The van der Waals surface area contributed by atoms with Gasteiger partial charge in [-0.2, -0.15) is 5.26 Å². The highest BCUT2D eigenvalue weighted by Crippen LogP contribution is 2.51. The predicted molar refractivity (Wildman–Crippen MR) is 99.3 cm³/mol. The lowest BCUT2D eigenvalue weighted by Gasteiger charge is -2.19. The van der Waals surface area contributed by atoms with Crippen molar-refractivity contribution < 1.29 is 28.3 Å². The van der Waals surface area contributed by atoms with E-state index in [0.717, 1.165) is 0 Å². The maximum absolute atomic E-state index is 12.5. The van der Waals surface area contributed by atoms with Crippen LogP contribution in [0.15, 0.2) is 24.3 Å². The van der Waals surface area contributed by atoms with Crippen LogP contribution in [0.3, 0.4) is 0 Å². The summed E-state index contributed by atoms with van der Waals surface area (Å²) in [5, 5.41) is 20.4. The van der Waals surface area contributed by atoms with Gasteiger partial charge in [-0.25, -0.2) is 4.79 Å². The van der Waals surface area contributed by atoms with Crippen molar-refractivity contribution in [2.24, 2.45) is 5.92 Å². The van der Waals surface area contributed by atoms with Gasteiger partial charge in [0.15, 0.2) is 0 Å². The second-order valence-corrected chi connectivity index (χ2v) is 7.98. The average Bonchev–Trinajstić information content (AvgIpc) is 2.60. The molecule has 0 spiro atoms. The van der Waals surface area contributed by atoms with Crippen LogP contribution in [0.25, 0.3) is 0 Å². The highest BCUT2D eigenvalue weighted by atomic mass is 31.2. The Labute approximate surface area is 159 Å². The van der Waals surface area contributed by atoms with Crippen molar-refractivity contribution in [3.05, 3.63) is 35.4 Å². The number of nitrogens with zero attached hydrogens (tertiary/aromatic N) is 1. The number of aliphatic carboxylic acids is 1. The fourth-order valence-corrected chi connectivity index (χ4v) is 4.14. The molecule has 0 unspecified atom stereocenters. The molecule has 1 amide bonds. The van der Waals surface area contributed by atoms with Gasteiger partial charge in [0.2, 0.25) is 0 Å². The van der Waals surface area contributed by atoms with Gasteiger partial charge in [0, 0.05) is 17.9 Å². The molecular formula is C18H25N2O6P. The van der Waals surface area contributed by atoms with Crippen LogP contribution in [-0.2, 0) is 24.6 Å². The predicted octanol–water partition coefficient (Wildman–Crippen LogP) is 3.19. The number of hydrogen-bond donors (Lipinski definition) is 2. The molecule has 27 heavy (non-hydrogen) atoms. The molecule has 1 rings (SSSR count). The van der Waals surface area contributed by atoms with Crippen molar-refractivity contribution in [2.45, 2.75) is 39.4 Å². The standard InChI is InChI=1S/C18H25N2O6P/c1-4-25-27(24,26-5-2)12-14-6-8-15(9-7-14)17(21)20-16(18(22)23)13(3)10-11-19/h6-9,13,16H,4-5,10,12H2,1-3H3,(H,20,21)(H,22,23)/t13-,16-/m0/s1. The topological polar surface area (TPSA) is 126 Å². The van der Waals surface area contributed by atoms with Crippen molar-refractivity contribution >= 4 is 19.5 Å². The molecule has 1 aromatic carbocycles. The number of rotatable bonds is 11. The van der Waals surface area contributed by atoms with Gasteiger partial charge in [-0.15, -0.1) is 0 Å². The molecule has 0 bridgehead atoms. The molecule has 0 aliphatic heterocycles. The van der Waals surface area contributed by atoms with E-state index in [1.807, 2.05) is 6.07 Å². The van der Waals surface area contributed by atoms with Crippen LogP contribution in [0.2, 0.25) is 0 Å². The largest absolute Gasteiger partial charge is 0.480 e. The number of amides is 1. The Balaban J connectivity index is 2.85.